The zero-order valence-electron chi connectivity index (χ0n) is 16.0. The zero-order valence-corrected chi connectivity index (χ0v) is 16.8. The monoisotopic (exact) mass is 391 g/mol. The molecule has 0 amide bonds. The highest BCUT2D eigenvalue weighted by molar-refractivity contribution is 8.00. The third-order valence-electron chi connectivity index (χ3n) is 7.35. The third kappa shape index (κ3) is 3.20. The molecule has 4 bridgehead atoms. The Morgan fingerprint density at radius 2 is 1.96 bits per heavy atom. The van der Waals surface area contributed by atoms with Crippen molar-refractivity contribution in [3.8, 4) is 0 Å². The van der Waals surface area contributed by atoms with Crippen molar-refractivity contribution < 1.29 is 9.53 Å². The number of aromatic nitrogens is 3. The Hall–Kier alpha value is -1.08. The Balaban J connectivity index is 1.31. The number of ketones is 1. The Morgan fingerprint density at radius 1 is 1.30 bits per heavy atom. The van der Waals surface area contributed by atoms with Gasteiger partial charge in [0.25, 0.3) is 0 Å². The fourth-order valence-corrected chi connectivity index (χ4v) is 7.66. The molecule has 1 aromatic heterocycles. The molecule has 1 saturated heterocycles. The summed E-state index contributed by atoms with van der Waals surface area (Å²) < 4.78 is 7.33. The lowest BCUT2D eigenvalue weighted by Crippen LogP contribution is -2.51. The van der Waals surface area contributed by atoms with Gasteiger partial charge < -0.3 is 4.74 Å². The molecular weight excluding hydrogens is 362 g/mol. The topological polar surface area (TPSA) is 77.0 Å². The molecule has 1 aliphatic heterocycles. The van der Waals surface area contributed by atoms with Gasteiger partial charge in [-0.05, 0) is 76.0 Å². The van der Waals surface area contributed by atoms with Gasteiger partial charge in [-0.15, -0.1) is 5.10 Å². The fraction of sp³-hybridized carbons (Fsp3) is 0.850. The van der Waals surface area contributed by atoms with Crippen LogP contribution in [0.15, 0.2) is 9.95 Å². The summed E-state index contributed by atoms with van der Waals surface area (Å²) in [6, 6.07) is 0. The maximum absolute atomic E-state index is 13.5. The van der Waals surface area contributed by atoms with Crippen LogP contribution in [0.4, 0.5) is 0 Å². The summed E-state index contributed by atoms with van der Waals surface area (Å²) in [6.07, 6.45) is 9.39. The molecule has 1 aromatic rings. The molecule has 4 saturated carbocycles. The van der Waals surface area contributed by atoms with Crippen molar-refractivity contribution in [1.29, 1.82) is 0 Å². The molecule has 0 radical (unpaired) electrons. The molecule has 27 heavy (non-hydrogen) atoms. The number of Topliss-reactive ketones (excluding diaryl/α,β-unsaturated/α-hetero) is 1. The molecule has 5 fully saturated rings. The number of aromatic amines is 1. The Kier molecular flexibility index (Phi) is 4.50. The molecule has 4 aliphatic carbocycles. The van der Waals surface area contributed by atoms with E-state index in [0.717, 1.165) is 56.5 Å². The van der Waals surface area contributed by atoms with Crippen LogP contribution in [-0.4, -0.2) is 38.5 Å². The van der Waals surface area contributed by atoms with Crippen molar-refractivity contribution in [3.05, 3.63) is 10.5 Å². The number of carbonyl (C=O) groups excluding carboxylic acids is 1. The van der Waals surface area contributed by atoms with Crippen LogP contribution in [0.3, 0.4) is 0 Å². The lowest BCUT2D eigenvalue weighted by atomic mass is 9.48. The first-order valence-corrected chi connectivity index (χ1v) is 11.4. The highest BCUT2D eigenvalue weighted by Crippen LogP contribution is 2.61. The van der Waals surface area contributed by atoms with E-state index in [9.17, 15) is 9.59 Å². The molecule has 6 nitrogen and oxygen atoms in total. The smallest absolute Gasteiger partial charge is 0.344 e. The van der Waals surface area contributed by atoms with Gasteiger partial charge >= 0.3 is 5.69 Å². The van der Waals surface area contributed by atoms with Crippen molar-refractivity contribution in [2.75, 3.05) is 6.61 Å². The summed E-state index contributed by atoms with van der Waals surface area (Å²) in [5, 5.41) is 7.23. The number of H-pyrrole nitrogens is 1. The summed E-state index contributed by atoms with van der Waals surface area (Å²) >= 11 is 1.45. The maximum atomic E-state index is 13.5. The Morgan fingerprint density at radius 3 is 2.56 bits per heavy atom. The second kappa shape index (κ2) is 6.76. The molecule has 7 heteroatoms. The predicted molar refractivity (Wildman–Crippen MR) is 103 cm³/mol. The SMILES string of the molecule is CC(Sc1n[nH]c(=O)n1CC1CCCO1)C(=O)C12CC3CC(CC(C3)C1)C2. The van der Waals surface area contributed by atoms with E-state index in [-0.39, 0.29) is 22.5 Å². The van der Waals surface area contributed by atoms with Crippen molar-refractivity contribution in [2.24, 2.45) is 23.2 Å². The van der Waals surface area contributed by atoms with Gasteiger partial charge in [-0.3, -0.25) is 9.36 Å². The number of carbonyl (C=O) groups is 1. The Labute approximate surface area is 163 Å². The van der Waals surface area contributed by atoms with E-state index in [4.69, 9.17) is 4.74 Å². The van der Waals surface area contributed by atoms with E-state index in [1.165, 1.54) is 31.0 Å². The number of hydrogen-bond donors (Lipinski definition) is 1. The second-order valence-corrected chi connectivity index (χ2v) is 10.7. The number of rotatable bonds is 6. The van der Waals surface area contributed by atoms with Crippen molar-refractivity contribution in [3.63, 3.8) is 0 Å². The van der Waals surface area contributed by atoms with E-state index in [2.05, 4.69) is 10.2 Å². The molecule has 5 aliphatic rings. The van der Waals surface area contributed by atoms with E-state index in [0.29, 0.717) is 17.5 Å². The van der Waals surface area contributed by atoms with E-state index < -0.39 is 0 Å². The molecule has 6 rings (SSSR count). The van der Waals surface area contributed by atoms with Crippen molar-refractivity contribution in [2.45, 2.75) is 81.3 Å². The molecule has 1 N–H and O–H groups in total. The summed E-state index contributed by atoms with van der Waals surface area (Å²) in [5.74, 6) is 2.69. The van der Waals surface area contributed by atoms with Gasteiger partial charge in [0.05, 0.1) is 17.9 Å². The van der Waals surface area contributed by atoms with Gasteiger partial charge in [0.15, 0.2) is 10.9 Å². The van der Waals surface area contributed by atoms with Crippen LogP contribution < -0.4 is 5.69 Å². The van der Waals surface area contributed by atoms with Crippen LogP contribution in [0.5, 0.6) is 0 Å². The van der Waals surface area contributed by atoms with E-state index >= 15 is 0 Å². The number of ether oxygens (including phenoxy) is 1. The molecular formula is C20H29N3O3S. The quantitative estimate of drug-likeness (QED) is 0.755. The summed E-state index contributed by atoms with van der Waals surface area (Å²) in [7, 11) is 0. The molecule has 2 atom stereocenters. The summed E-state index contributed by atoms with van der Waals surface area (Å²) in [6.45, 7) is 3.29. The minimum Gasteiger partial charge on any atom is -0.376 e. The Bertz CT molecular complexity index is 744. The first kappa shape index (κ1) is 18.0. The minimum atomic E-state index is -0.206. The van der Waals surface area contributed by atoms with Gasteiger partial charge in [-0.1, -0.05) is 11.8 Å². The first-order valence-electron chi connectivity index (χ1n) is 10.5. The predicted octanol–water partition coefficient (Wildman–Crippen LogP) is 3.02. The van der Waals surface area contributed by atoms with Crippen molar-refractivity contribution >= 4 is 17.5 Å². The van der Waals surface area contributed by atoms with Gasteiger partial charge in [0.2, 0.25) is 0 Å². The van der Waals surface area contributed by atoms with Crippen LogP contribution in [0.25, 0.3) is 0 Å². The third-order valence-corrected chi connectivity index (χ3v) is 8.44. The second-order valence-electron chi connectivity index (χ2n) is 9.38. The van der Waals surface area contributed by atoms with Crippen LogP contribution >= 0.6 is 11.8 Å². The average molecular weight is 392 g/mol. The lowest BCUT2D eigenvalue weighted by Gasteiger charge is -2.56. The molecule has 2 heterocycles. The van der Waals surface area contributed by atoms with Gasteiger partial charge in [0, 0.05) is 12.0 Å². The van der Waals surface area contributed by atoms with Crippen LogP contribution in [0.2, 0.25) is 0 Å². The molecule has 0 spiro atoms. The van der Waals surface area contributed by atoms with Gasteiger partial charge in [-0.25, -0.2) is 9.89 Å². The molecule has 0 aromatic carbocycles. The van der Waals surface area contributed by atoms with Gasteiger partial charge in [0.1, 0.15) is 0 Å². The normalized spacial score (nSPS) is 38.4. The minimum absolute atomic E-state index is 0.0776. The van der Waals surface area contributed by atoms with E-state index in [1.54, 1.807) is 4.57 Å². The fourth-order valence-electron chi connectivity index (χ4n) is 6.60. The van der Waals surface area contributed by atoms with Crippen LogP contribution in [0.1, 0.15) is 58.3 Å². The maximum Gasteiger partial charge on any atom is 0.344 e. The zero-order chi connectivity index (χ0) is 18.6. The molecule has 2 unspecified atom stereocenters. The summed E-state index contributed by atoms with van der Waals surface area (Å²) in [4.78, 5) is 25.7. The highest BCUT2D eigenvalue weighted by Gasteiger charge is 2.55. The number of nitrogens with one attached hydrogen (secondary N) is 1. The first-order chi connectivity index (χ1) is 13.0. The number of thioether (sulfide) groups is 1. The van der Waals surface area contributed by atoms with Crippen LogP contribution in [-0.2, 0) is 16.1 Å². The summed E-state index contributed by atoms with van der Waals surface area (Å²) in [5.41, 5.74) is -0.306. The largest absolute Gasteiger partial charge is 0.376 e. The molecule has 148 valence electrons. The lowest BCUT2D eigenvalue weighted by molar-refractivity contribution is -0.142. The average Bonchev–Trinajstić information content (AvgIpc) is 3.25. The van der Waals surface area contributed by atoms with Gasteiger partial charge in [-0.2, -0.15) is 0 Å². The van der Waals surface area contributed by atoms with E-state index in [1.807, 2.05) is 6.92 Å². The number of nitrogens with zero attached hydrogens (tertiary/aromatic N) is 2. The van der Waals surface area contributed by atoms with Crippen LogP contribution in [0, 0.1) is 23.2 Å². The standard InChI is InChI=1S/C20H29N3O3S/c1-12(17(24)20-8-13-5-14(9-20)7-15(6-13)10-20)27-19-22-21-18(25)23(19)11-16-3-2-4-26-16/h12-16H,2-11H2,1H3,(H,21,25). The highest BCUT2D eigenvalue weighted by atomic mass is 32.2. The van der Waals surface area contributed by atoms with Crippen molar-refractivity contribution in [1.82, 2.24) is 14.8 Å². The number of hydrogen-bond acceptors (Lipinski definition) is 5.